The molecule has 1 aliphatic carbocycles. The third kappa shape index (κ3) is 3.96. The van der Waals surface area contributed by atoms with Crippen LogP contribution in [0, 0.1) is 12.8 Å². The SMILES string of the molecule is Cc1ccc(S(=O)(=O)NCCC2CCCCC2)cc1N. The Kier molecular flexibility index (Phi) is 5.05. The number of sulfonamides is 1. The zero-order valence-electron chi connectivity index (χ0n) is 12.1. The topological polar surface area (TPSA) is 72.2 Å². The highest BCUT2D eigenvalue weighted by atomic mass is 32.2. The lowest BCUT2D eigenvalue weighted by Crippen LogP contribution is -2.26. The van der Waals surface area contributed by atoms with E-state index in [4.69, 9.17) is 5.73 Å². The number of rotatable bonds is 5. The van der Waals surface area contributed by atoms with Crippen LogP contribution in [0.2, 0.25) is 0 Å². The summed E-state index contributed by atoms with van der Waals surface area (Å²) in [4.78, 5) is 0.254. The van der Waals surface area contributed by atoms with Crippen molar-refractivity contribution < 1.29 is 8.42 Å². The van der Waals surface area contributed by atoms with Gasteiger partial charge < -0.3 is 5.73 Å². The van der Waals surface area contributed by atoms with E-state index in [0.717, 1.165) is 12.0 Å². The number of benzene rings is 1. The van der Waals surface area contributed by atoms with Crippen molar-refractivity contribution in [3.8, 4) is 0 Å². The largest absolute Gasteiger partial charge is 0.398 e. The summed E-state index contributed by atoms with van der Waals surface area (Å²) in [5, 5.41) is 0. The van der Waals surface area contributed by atoms with Crippen LogP contribution in [0.25, 0.3) is 0 Å². The second-order valence-corrected chi connectivity index (χ2v) is 7.48. The number of aryl methyl sites for hydroxylation is 1. The Balaban J connectivity index is 1.91. The molecule has 0 aromatic heterocycles. The smallest absolute Gasteiger partial charge is 0.240 e. The van der Waals surface area contributed by atoms with Crippen molar-refractivity contribution in [1.29, 1.82) is 0 Å². The molecular weight excluding hydrogens is 272 g/mol. The van der Waals surface area contributed by atoms with Gasteiger partial charge in [0, 0.05) is 12.2 Å². The standard InChI is InChI=1S/C15H24N2O2S/c1-12-7-8-14(11-15(12)16)20(18,19)17-10-9-13-5-3-2-4-6-13/h7-8,11,13,17H,2-6,9-10,16H2,1H3. The summed E-state index contributed by atoms with van der Waals surface area (Å²) in [5.41, 5.74) is 7.18. The van der Waals surface area contributed by atoms with Crippen LogP contribution in [0.4, 0.5) is 5.69 Å². The minimum absolute atomic E-state index is 0.254. The van der Waals surface area contributed by atoms with Crippen molar-refractivity contribution >= 4 is 15.7 Å². The normalized spacial score (nSPS) is 17.2. The van der Waals surface area contributed by atoms with Crippen molar-refractivity contribution in [2.45, 2.75) is 50.3 Å². The summed E-state index contributed by atoms with van der Waals surface area (Å²) in [5.74, 6) is 0.675. The van der Waals surface area contributed by atoms with E-state index >= 15 is 0 Å². The number of nitrogen functional groups attached to an aromatic ring is 1. The maximum atomic E-state index is 12.2. The molecule has 0 amide bonds. The summed E-state index contributed by atoms with van der Waals surface area (Å²) >= 11 is 0. The van der Waals surface area contributed by atoms with Gasteiger partial charge in [0.05, 0.1) is 4.90 Å². The van der Waals surface area contributed by atoms with Gasteiger partial charge in [-0.3, -0.25) is 0 Å². The molecule has 112 valence electrons. The predicted octanol–water partition coefficient (Wildman–Crippen LogP) is 2.83. The Bertz CT molecular complexity index is 549. The molecule has 4 nitrogen and oxygen atoms in total. The summed E-state index contributed by atoms with van der Waals surface area (Å²) in [6, 6.07) is 4.87. The Morgan fingerprint density at radius 2 is 1.95 bits per heavy atom. The van der Waals surface area contributed by atoms with Gasteiger partial charge in [0.15, 0.2) is 0 Å². The van der Waals surface area contributed by atoms with Crippen LogP contribution in [-0.2, 0) is 10.0 Å². The molecule has 0 unspecified atom stereocenters. The van der Waals surface area contributed by atoms with E-state index < -0.39 is 10.0 Å². The first-order valence-corrected chi connectivity index (χ1v) is 8.83. The lowest BCUT2D eigenvalue weighted by Gasteiger charge is -2.21. The Hall–Kier alpha value is -1.07. The van der Waals surface area contributed by atoms with Crippen LogP contribution >= 0.6 is 0 Å². The molecular formula is C15H24N2O2S. The number of nitrogens with two attached hydrogens (primary N) is 1. The average molecular weight is 296 g/mol. The monoisotopic (exact) mass is 296 g/mol. The zero-order valence-corrected chi connectivity index (χ0v) is 12.9. The third-order valence-corrected chi connectivity index (χ3v) is 5.59. The molecule has 1 aliphatic rings. The highest BCUT2D eigenvalue weighted by Gasteiger charge is 2.17. The number of nitrogens with one attached hydrogen (secondary N) is 1. The number of hydrogen-bond donors (Lipinski definition) is 2. The minimum atomic E-state index is -3.43. The first-order valence-electron chi connectivity index (χ1n) is 7.35. The summed E-state index contributed by atoms with van der Waals surface area (Å²) < 4.78 is 27.0. The fourth-order valence-electron chi connectivity index (χ4n) is 2.74. The lowest BCUT2D eigenvalue weighted by molar-refractivity contribution is 0.339. The van der Waals surface area contributed by atoms with Gasteiger partial charge in [0.1, 0.15) is 0 Å². The van der Waals surface area contributed by atoms with Crippen molar-refractivity contribution in [2.75, 3.05) is 12.3 Å². The fraction of sp³-hybridized carbons (Fsp3) is 0.600. The quantitative estimate of drug-likeness (QED) is 0.821. The van der Waals surface area contributed by atoms with E-state index in [1.807, 2.05) is 6.92 Å². The molecule has 2 rings (SSSR count). The molecule has 5 heteroatoms. The van der Waals surface area contributed by atoms with Gasteiger partial charge in [-0.15, -0.1) is 0 Å². The van der Waals surface area contributed by atoms with E-state index in [9.17, 15) is 8.42 Å². The van der Waals surface area contributed by atoms with E-state index in [0.29, 0.717) is 18.2 Å². The molecule has 0 bridgehead atoms. The van der Waals surface area contributed by atoms with Crippen LogP contribution in [0.5, 0.6) is 0 Å². The van der Waals surface area contributed by atoms with Crippen LogP contribution < -0.4 is 10.5 Å². The number of anilines is 1. The van der Waals surface area contributed by atoms with E-state index in [1.54, 1.807) is 12.1 Å². The van der Waals surface area contributed by atoms with Gasteiger partial charge >= 0.3 is 0 Å². The van der Waals surface area contributed by atoms with Gasteiger partial charge in [-0.2, -0.15) is 0 Å². The van der Waals surface area contributed by atoms with Crippen molar-refractivity contribution in [3.05, 3.63) is 23.8 Å². The fourth-order valence-corrected chi connectivity index (χ4v) is 3.82. The summed E-state index contributed by atoms with van der Waals surface area (Å²) in [7, 11) is -3.43. The Morgan fingerprint density at radius 3 is 2.60 bits per heavy atom. The minimum Gasteiger partial charge on any atom is -0.398 e. The molecule has 0 saturated heterocycles. The van der Waals surface area contributed by atoms with Gasteiger partial charge in [0.2, 0.25) is 10.0 Å². The molecule has 1 aromatic rings. The molecule has 0 heterocycles. The first kappa shape index (κ1) is 15.3. The second kappa shape index (κ2) is 6.59. The first-order chi connectivity index (χ1) is 9.49. The van der Waals surface area contributed by atoms with Gasteiger partial charge in [-0.05, 0) is 37.0 Å². The van der Waals surface area contributed by atoms with Gasteiger partial charge in [0.25, 0.3) is 0 Å². The van der Waals surface area contributed by atoms with Crippen molar-refractivity contribution in [1.82, 2.24) is 4.72 Å². The average Bonchev–Trinajstić information content (AvgIpc) is 2.43. The van der Waals surface area contributed by atoms with Gasteiger partial charge in [-0.25, -0.2) is 13.1 Å². The Morgan fingerprint density at radius 1 is 1.25 bits per heavy atom. The van der Waals surface area contributed by atoms with E-state index in [-0.39, 0.29) is 4.90 Å². The van der Waals surface area contributed by atoms with E-state index in [1.165, 1.54) is 38.2 Å². The highest BCUT2D eigenvalue weighted by molar-refractivity contribution is 7.89. The van der Waals surface area contributed by atoms with E-state index in [2.05, 4.69) is 4.72 Å². The summed E-state index contributed by atoms with van der Waals surface area (Å²) in [6.45, 7) is 2.38. The molecule has 1 fully saturated rings. The Labute approximate surface area is 121 Å². The maximum absolute atomic E-state index is 12.2. The third-order valence-electron chi connectivity index (χ3n) is 4.13. The molecule has 0 radical (unpaired) electrons. The molecule has 0 atom stereocenters. The molecule has 20 heavy (non-hydrogen) atoms. The second-order valence-electron chi connectivity index (χ2n) is 5.71. The molecule has 1 aromatic carbocycles. The molecule has 0 aliphatic heterocycles. The van der Waals surface area contributed by atoms with Gasteiger partial charge in [-0.1, -0.05) is 38.2 Å². The maximum Gasteiger partial charge on any atom is 0.240 e. The van der Waals surface area contributed by atoms with Crippen LogP contribution in [0.1, 0.15) is 44.1 Å². The van der Waals surface area contributed by atoms with Crippen molar-refractivity contribution in [3.63, 3.8) is 0 Å². The molecule has 1 saturated carbocycles. The molecule has 3 N–H and O–H groups in total. The zero-order chi connectivity index (χ0) is 14.6. The van der Waals surface area contributed by atoms with Crippen LogP contribution in [0.15, 0.2) is 23.1 Å². The number of hydrogen-bond acceptors (Lipinski definition) is 3. The van der Waals surface area contributed by atoms with Crippen LogP contribution in [-0.4, -0.2) is 15.0 Å². The molecule has 0 spiro atoms. The van der Waals surface area contributed by atoms with Crippen LogP contribution in [0.3, 0.4) is 0 Å². The lowest BCUT2D eigenvalue weighted by atomic mass is 9.87. The van der Waals surface area contributed by atoms with Crippen molar-refractivity contribution in [2.24, 2.45) is 5.92 Å². The highest BCUT2D eigenvalue weighted by Crippen LogP contribution is 2.26. The predicted molar refractivity (Wildman–Crippen MR) is 82.0 cm³/mol. The summed E-state index contributed by atoms with van der Waals surface area (Å²) in [6.07, 6.45) is 7.29.